The van der Waals surface area contributed by atoms with Gasteiger partial charge in [-0.1, -0.05) is 25.4 Å². The van der Waals surface area contributed by atoms with Crippen molar-refractivity contribution in [2.24, 2.45) is 5.92 Å². The standard InChI is InChI=1S/C15H18ClN3O2/c1-9(2)14(20)17-5-6-18-15(21)13-8-10-7-11(16)3-4-12(10)19-13/h3-4,7-9,19H,5-6H2,1-2H3,(H,17,20)(H,18,21). The van der Waals surface area contributed by atoms with E-state index in [2.05, 4.69) is 15.6 Å². The Balaban J connectivity index is 1.89. The van der Waals surface area contributed by atoms with Crippen LogP contribution in [0.5, 0.6) is 0 Å². The lowest BCUT2D eigenvalue weighted by atomic mass is 10.2. The molecule has 0 saturated carbocycles. The molecule has 5 nitrogen and oxygen atoms in total. The van der Waals surface area contributed by atoms with Crippen molar-refractivity contribution in [2.75, 3.05) is 13.1 Å². The number of fused-ring (bicyclic) bond motifs is 1. The zero-order valence-electron chi connectivity index (χ0n) is 12.0. The van der Waals surface area contributed by atoms with Gasteiger partial charge in [0, 0.05) is 34.9 Å². The van der Waals surface area contributed by atoms with Gasteiger partial charge in [0.2, 0.25) is 5.91 Å². The average Bonchev–Trinajstić information content (AvgIpc) is 2.85. The molecule has 1 aromatic heterocycles. The van der Waals surface area contributed by atoms with Gasteiger partial charge in [-0.2, -0.15) is 0 Å². The number of halogens is 1. The minimum Gasteiger partial charge on any atom is -0.354 e. The highest BCUT2D eigenvalue weighted by molar-refractivity contribution is 6.31. The Bertz CT molecular complexity index is 664. The fourth-order valence-electron chi connectivity index (χ4n) is 1.89. The van der Waals surface area contributed by atoms with Gasteiger partial charge >= 0.3 is 0 Å². The molecule has 0 bridgehead atoms. The summed E-state index contributed by atoms with van der Waals surface area (Å²) in [6, 6.07) is 7.15. The molecule has 2 aromatic rings. The number of aromatic amines is 1. The molecule has 112 valence electrons. The van der Waals surface area contributed by atoms with Crippen molar-refractivity contribution in [1.29, 1.82) is 0 Å². The number of nitrogens with one attached hydrogen (secondary N) is 3. The third-order valence-electron chi connectivity index (χ3n) is 3.06. The molecule has 3 N–H and O–H groups in total. The minimum absolute atomic E-state index is 0.0236. The predicted molar refractivity (Wildman–Crippen MR) is 83.5 cm³/mol. The van der Waals surface area contributed by atoms with Gasteiger partial charge in [0.15, 0.2) is 0 Å². The highest BCUT2D eigenvalue weighted by atomic mass is 35.5. The van der Waals surface area contributed by atoms with Crippen molar-refractivity contribution in [1.82, 2.24) is 15.6 Å². The quantitative estimate of drug-likeness (QED) is 0.742. The Hall–Kier alpha value is -2.01. The van der Waals surface area contributed by atoms with E-state index in [1.165, 1.54) is 0 Å². The van der Waals surface area contributed by atoms with Crippen molar-refractivity contribution in [3.63, 3.8) is 0 Å². The zero-order valence-corrected chi connectivity index (χ0v) is 12.8. The van der Waals surface area contributed by atoms with Crippen LogP contribution in [0, 0.1) is 5.92 Å². The summed E-state index contributed by atoms with van der Waals surface area (Å²) in [5.74, 6) is -0.287. The molecule has 1 aromatic carbocycles. The predicted octanol–water partition coefficient (Wildman–Crippen LogP) is 2.32. The van der Waals surface area contributed by atoms with Gasteiger partial charge in [-0.3, -0.25) is 9.59 Å². The van der Waals surface area contributed by atoms with Crippen LogP contribution >= 0.6 is 11.6 Å². The lowest BCUT2D eigenvalue weighted by Gasteiger charge is -2.08. The molecule has 0 aliphatic rings. The Morgan fingerprint density at radius 2 is 1.90 bits per heavy atom. The molecule has 0 saturated heterocycles. The molecular formula is C15H18ClN3O2. The fraction of sp³-hybridized carbons (Fsp3) is 0.333. The fourth-order valence-corrected chi connectivity index (χ4v) is 2.07. The molecule has 6 heteroatoms. The Morgan fingerprint density at radius 1 is 1.19 bits per heavy atom. The maximum Gasteiger partial charge on any atom is 0.267 e. The topological polar surface area (TPSA) is 74.0 Å². The van der Waals surface area contributed by atoms with E-state index in [-0.39, 0.29) is 17.7 Å². The largest absolute Gasteiger partial charge is 0.354 e. The van der Waals surface area contributed by atoms with E-state index in [1.807, 2.05) is 19.9 Å². The van der Waals surface area contributed by atoms with Gasteiger partial charge in [0.05, 0.1) is 0 Å². The number of amides is 2. The van der Waals surface area contributed by atoms with Crippen LogP contribution < -0.4 is 10.6 Å². The average molecular weight is 308 g/mol. The van der Waals surface area contributed by atoms with Crippen LogP contribution in [0.1, 0.15) is 24.3 Å². The highest BCUT2D eigenvalue weighted by Gasteiger charge is 2.10. The van der Waals surface area contributed by atoms with Crippen LogP contribution in [-0.2, 0) is 4.79 Å². The van der Waals surface area contributed by atoms with Gasteiger partial charge < -0.3 is 15.6 Å². The zero-order chi connectivity index (χ0) is 15.4. The number of aromatic nitrogens is 1. The summed E-state index contributed by atoms with van der Waals surface area (Å²) >= 11 is 5.91. The maximum atomic E-state index is 12.0. The summed E-state index contributed by atoms with van der Waals surface area (Å²) < 4.78 is 0. The number of carbonyl (C=O) groups is 2. The first-order valence-electron chi connectivity index (χ1n) is 6.81. The van der Waals surface area contributed by atoms with E-state index in [9.17, 15) is 9.59 Å². The number of hydrogen-bond donors (Lipinski definition) is 3. The molecule has 0 spiro atoms. The van der Waals surface area contributed by atoms with E-state index in [0.717, 1.165) is 10.9 Å². The van der Waals surface area contributed by atoms with E-state index >= 15 is 0 Å². The van der Waals surface area contributed by atoms with E-state index in [0.29, 0.717) is 23.8 Å². The molecule has 0 aliphatic carbocycles. The van der Waals surface area contributed by atoms with Crippen LogP contribution in [0.15, 0.2) is 24.3 Å². The Labute approximate surface area is 128 Å². The van der Waals surface area contributed by atoms with Crippen LogP contribution in [0.2, 0.25) is 5.02 Å². The van der Waals surface area contributed by atoms with E-state index in [1.54, 1.807) is 18.2 Å². The second kappa shape index (κ2) is 6.63. The van der Waals surface area contributed by atoms with Crippen molar-refractivity contribution in [3.8, 4) is 0 Å². The molecule has 0 radical (unpaired) electrons. The molecule has 0 fully saturated rings. The number of H-pyrrole nitrogens is 1. The number of carbonyl (C=O) groups excluding carboxylic acids is 2. The van der Waals surface area contributed by atoms with Crippen LogP contribution in [0.25, 0.3) is 10.9 Å². The molecule has 21 heavy (non-hydrogen) atoms. The SMILES string of the molecule is CC(C)C(=O)NCCNC(=O)c1cc2cc(Cl)ccc2[nH]1. The van der Waals surface area contributed by atoms with Gasteiger partial charge in [0.25, 0.3) is 5.91 Å². The second-order valence-electron chi connectivity index (χ2n) is 5.12. The Kier molecular flexibility index (Phi) is 4.85. The summed E-state index contributed by atoms with van der Waals surface area (Å²) in [7, 11) is 0. The van der Waals surface area contributed by atoms with Crippen LogP contribution in [0.4, 0.5) is 0 Å². The smallest absolute Gasteiger partial charge is 0.267 e. The molecule has 0 atom stereocenters. The normalized spacial score (nSPS) is 10.9. The minimum atomic E-state index is -0.207. The lowest BCUT2D eigenvalue weighted by molar-refractivity contribution is -0.123. The third kappa shape index (κ3) is 3.98. The van der Waals surface area contributed by atoms with Gasteiger partial charge in [0.1, 0.15) is 5.69 Å². The number of rotatable bonds is 5. The molecule has 1 heterocycles. The highest BCUT2D eigenvalue weighted by Crippen LogP contribution is 2.19. The first-order chi connectivity index (χ1) is 9.97. The first-order valence-corrected chi connectivity index (χ1v) is 7.19. The molecular weight excluding hydrogens is 290 g/mol. The van der Waals surface area contributed by atoms with Crippen molar-refractivity contribution >= 4 is 34.3 Å². The first kappa shape index (κ1) is 15.4. The van der Waals surface area contributed by atoms with E-state index < -0.39 is 0 Å². The van der Waals surface area contributed by atoms with Crippen molar-refractivity contribution in [2.45, 2.75) is 13.8 Å². The second-order valence-corrected chi connectivity index (χ2v) is 5.55. The summed E-state index contributed by atoms with van der Waals surface area (Å²) in [4.78, 5) is 26.4. The van der Waals surface area contributed by atoms with Gasteiger partial charge in [-0.15, -0.1) is 0 Å². The summed E-state index contributed by atoms with van der Waals surface area (Å²) in [6.45, 7) is 4.44. The molecule has 0 aliphatic heterocycles. The summed E-state index contributed by atoms with van der Waals surface area (Å²) in [5, 5.41) is 7.01. The van der Waals surface area contributed by atoms with Gasteiger partial charge in [-0.25, -0.2) is 0 Å². The number of hydrogen-bond acceptors (Lipinski definition) is 2. The third-order valence-corrected chi connectivity index (χ3v) is 3.30. The van der Waals surface area contributed by atoms with Crippen LogP contribution in [0.3, 0.4) is 0 Å². The molecule has 0 unspecified atom stereocenters. The summed E-state index contributed by atoms with van der Waals surface area (Å²) in [5.41, 5.74) is 1.33. The maximum absolute atomic E-state index is 12.0. The van der Waals surface area contributed by atoms with Crippen molar-refractivity contribution < 1.29 is 9.59 Å². The monoisotopic (exact) mass is 307 g/mol. The molecule has 2 amide bonds. The van der Waals surface area contributed by atoms with Gasteiger partial charge in [-0.05, 0) is 24.3 Å². The lowest BCUT2D eigenvalue weighted by Crippen LogP contribution is -2.36. The van der Waals surface area contributed by atoms with E-state index in [4.69, 9.17) is 11.6 Å². The molecule has 2 rings (SSSR count). The van der Waals surface area contributed by atoms with Crippen molar-refractivity contribution in [3.05, 3.63) is 35.0 Å². The Morgan fingerprint density at radius 3 is 2.62 bits per heavy atom. The van der Waals surface area contributed by atoms with Crippen LogP contribution in [-0.4, -0.2) is 29.9 Å². The number of benzene rings is 1. The summed E-state index contributed by atoms with van der Waals surface area (Å²) in [6.07, 6.45) is 0.